The Balaban J connectivity index is 1.33. The third kappa shape index (κ3) is 33.6. The summed E-state index contributed by atoms with van der Waals surface area (Å²) in [7, 11) is 0. The lowest BCUT2D eigenvalue weighted by Gasteiger charge is -2.48. The van der Waals surface area contributed by atoms with E-state index in [0.717, 1.165) is 44.9 Å². The third-order valence-electron chi connectivity index (χ3n) is 18.3. The Morgan fingerprint density at radius 3 is 1.07 bits per heavy atom. The number of aliphatic hydroxyl groups excluding tert-OH is 11. The molecule has 3 fully saturated rings. The highest BCUT2D eigenvalue weighted by Gasteiger charge is 2.53. The molecule has 0 radical (unpaired) electrons. The topological polar surface area (TPSA) is 307 Å². The highest BCUT2D eigenvalue weighted by atomic mass is 16.8. The summed E-state index contributed by atoms with van der Waals surface area (Å²) in [5.74, 6) is -0.271. The van der Waals surface area contributed by atoms with Crippen molar-refractivity contribution in [2.75, 3.05) is 26.4 Å². The number of rotatable bonds is 56. The molecule has 520 valence electrons. The van der Waals surface area contributed by atoms with E-state index < -0.39 is 124 Å². The normalized spacial score (nSPS) is 28.4. The van der Waals surface area contributed by atoms with Crippen molar-refractivity contribution >= 4 is 5.91 Å². The van der Waals surface area contributed by atoms with Crippen LogP contribution in [0.2, 0.25) is 0 Å². The van der Waals surface area contributed by atoms with Gasteiger partial charge in [-0.25, -0.2) is 0 Å². The summed E-state index contributed by atoms with van der Waals surface area (Å²) < 4.78 is 34.3. The van der Waals surface area contributed by atoms with E-state index in [9.17, 15) is 61.0 Å². The second-order valence-corrected chi connectivity index (χ2v) is 26.1. The average Bonchev–Trinajstić information content (AvgIpc) is 3.17. The molecule has 3 aliphatic rings. The molecule has 12 N–H and O–H groups in total. The summed E-state index contributed by atoms with van der Waals surface area (Å²) >= 11 is 0. The standard InChI is InChI=1S/C69H131NO18/c1-3-5-7-9-11-13-15-16-17-18-19-20-21-22-23-24-25-26-27-28-29-30-31-32-33-34-35-37-39-41-43-45-47-57(75)70-52(53(74)46-44-42-40-38-36-14-12-10-8-6-4-2)51-83-67-63(81)60(78)65(55(49-72)85-67)88-69-64(82)61(79)66(56(50-73)86-69)87-68-62(80)59(77)58(76)54(48-71)84-68/h44,46,52-56,58-69,71-74,76-82H,3-43,45,47-51H2,1-2H3,(H,70,75)/b46-44+. The van der Waals surface area contributed by atoms with Gasteiger partial charge in [0.05, 0.1) is 38.6 Å². The lowest BCUT2D eigenvalue weighted by Crippen LogP contribution is -2.66. The van der Waals surface area contributed by atoms with Gasteiger partial charge in [-0.05, 0) is 19.3 Å². The van der Waals surface area contributed by atoms with E-state index in [4.69, 9.17) is 28.4 Å². The molecule has 3 saturated heterocycles. The number of carbonyl (C=O) groups is 1. The number of unbranched alkanes of at least 4 members (excludes halogenated alkanes) is 40. The van der Waals surface area contributed by atoms with Crippen molar-refractivity contribution in [2.24, 2.45) is 0 Å². The van der Waals surface area contributed by atoms with Crippen molar-refractivity contribution in [1.82, 2.24) is 5.32 Å². The number of nitrogens with one attached hydrogen (secondary N) is 1. The van der Waals surface area contributed by atoms with Gasteiger partial charge in [0.15, 0.2) is 18.9 Å². The summed E-state index contributed by atoms with van der Waals surface area (Å²) in [5, 5.41) is 120. The molecular weight excluding hydrogens is 1130 g/mol. The van der Waals surface area contributed by atoms with Gasteiger partial charge in [0, 0.05) is 6.42 Å². The van der Waals surface area contributed by atoms with Gasteiger partial charge < -0.3 is 89.9 Å². The van der Waals surface area contributed by atoms with Crippen molar-refractivity contribution in [2.45, 2.75) is 394 Å². The van der Waals surface area contributed by atoms with Crippen LogP contribution in [0.25, 0.3) is 0 Å². The van der Waals surface area contributed by atoms with E-state index in [1.165, 1.54) is 218 Å². The van der Waals surface area contributed by atoms with E-state index in [1.54, 1.807) is 6.08 Å². The molecule has 17 unspecified atom stereocenters. The molecule has 3 aliphatic heterocycles. The first-order valence-corrected chi connectivity index (χ1v) is 35.9. The lowest BCUT2D eigenvalue weighted by molar-refractivity contribution is -0.379. The van der Waals surface area contributed by atoms with Crippen LogP contribution < -0.4 is 5.32 Å². The van der Waals surface area contributed by atoms with E-state index in [1.807, 2.05) is 6.08 Å². The summed E-state index contributed by atoms with van der Waals surface area (Å²) in [6, 6.07) is -0.967. The predicted molar refractivity (Wildman–Crippen MR) is 342 cm³/mol. The molecule has 0 aromatic heterocycles. The van der Waals surface area contributed by atoms with Gasteiger partial charge in [0.1, 0.15) is 73.2 Å². The molecular formula is C69H131NO18. The first-order chi connectivity index (χ1) is 42.8. The molecule has 0 spiro atoms. The van der Waals surface area contributed by atoms with E-state index >= 15 is 0 Å². The average molecular weight is 1260 g/mol. The molecule has 0 aromatic carbocycles. The Labute approximate surface area is 531 Å². The second kappa shape index (κ2) is 51.9. The number of aliphatic hydroxyl groups is 11. The van der Waals surface area contributed by atoms with E-state index in [-0.39, 0.29) is 18.9 Å². The monoisotopic (exact) mass is 1260 g/mol. The van der Waals surface area contributed by atoms with Crippen LogP contribution in [0.4, 0.5) is 0 Å². The van der Waals surface area contributed by atoms with Gasteiger partial charge in [0.25, 0.3) is 0 Å². The number of ether oxygens (including phenoxy) is 6. The lowest BCUT2D eigenvalue weighted by atomic mass is 9.96. The molecule has 1 amide bonds. The Morgan fingerprint density at radius 1 is 0.398 bits per heavy atom. The summed E-state index contributed by atoms with van der Waals surface area (Å²) in [5.41, 5.74) is 0. The number of allylic oxidation sites excluding steroid dienone is 1. The molecule has 19 heteroatoms. The smallest absolute Gasteiger partial charge is 0.220 e. The Hall–Kier alpha value is -1.47. The highest BCUT2D eigenvalue weighted by molar-refractivity contribution is 5.76. The maximum atomic E-state index is 13.4. The molecule has 19 nitrogen and oxygen atoms in total. The van der Waals surface area contributed by atoms with E-state index in [2.05, 4.69) is 19.2 Å². The van der Waals surface area contributed by atoms with Gasteiger partial charge in [-0.3, -0.25) is 4.79 Å². The SMILES string of the molecule is CCCCCCCCCCC/C=C/C(O)C(COC1OC(CO)C(OC2OC(CO)C(OC3OC(CO)C(O)C(O)C3O)C(O)C2O)C(O)C1O)NC(=O)CCCCCCCCCCCCCCCCCCCCCCCCCCCCCCCCCC. The minimum absolute atomic E-state index is 0.249. The fourth-order valence-corrected chi connectivity index (χ4v) is 12.5. The molecule has 17 atom stereocenters. The number of hydrogen-bond donors (Lipinski definition) is 12. The summed E-state index contributed by atoms with van der Waals surface area (Å²) in [6.07, 6.45) is 30.9. The summed E-state index contributed by atoms with van der Waals surface area (Å²) in [4.78, 5) is 13.4. The maximum Gasteiger partial charge on any atom is 0.220 e. The minimum Gasteiger partial charge on any atom is -0.394 e. The van der Waals surface area contributed by atoms with Gasteiger partial charge in [0.2, 0.25) is 5.91 Å². The van der Waals surface area contributed by atoms with E-state index in [0.29, 0.717) is 6.42 Å². The first-order valence-electron chi connectivity index (χ1n) is 35.9. The largest absolute Gasteiger partial charge is 0.394 e. The van der Waals surface area contributed by atoms with Crippen molar-refractivity contribution in [1.29, 1.82) is 0 Å². The zero-order valence-electron chi connectivity index (χ0n) is 55.0. The van der Waals surface area contributed by atoms with Crippen molar-refractivity contribution in [3.63, 3.8) is 0 Å². The number of hydrogen-bond acceptors (Lipinski definition) is 18. The second-order valence-electron chi connectivity index (χ2n) is 26.1. The minimum atomic E-state index is -1.97. The zero-order valence-corrected chi connectivity index (χ0v) is 55.0. The van der Waals surface area contributed by atoms with Crippen LogP contribution in [0.15, 0.2) is 12.2 Å². The maximum absolute atomic E-state index is 13.4. The fraction of sp³-hybridized carbons (Fsp3) is 0.957. The molecule has 0 aromatic rings. The molecule has 0 saturated carbocycles. The molecule has 3 rings (SSSR count). The van der Waals surface area contributed by atoms with Crippen LogP contribution in [0.3, 0.4) is 0 Å². The number of amides is 1. The Morgan fingerprint density at radius 2 is 0.705 bits per heavy atom. The van der Waals surface area contributed by atoms with Gasteiger partial charge in [-0.2, -0.15) is 0 Å². The van der Waals surface area contributed by atoms with Crippen LogP contribution in [-0.4, -0.2) is 193 Å². The van der Waals surface area contributed by atoms with Crippen LogP contribution in [0, 0.1) is 0 Å². The van der Waals surface area contributed by atoms with Gasteiger partial charge in [-0.1, -0.05) is 276 Å². The third-order valence-corrected chi connectivity index (χ3v) is 18.3. The molecule has 3 heterocycles. The van der Waals surface area contributed by atoms with Crippen LogP contribution in [0.1, 0.15) is 290 Å². The van der Waals surface area contributed by atoms with Crippen LogP contribution in [-0.2, 0) is 33.2 Å². The van der Waals surface area contributed by atoms with Gasteiger partial charge in [-0.15, -0.1) is 0 Å². The molecule has 88 heavy (non-hydrogen) atoms. The Kier molecular flexibility index (Phi) is 47.6. The Bertz CT molecular complexity index is 1650. The van der Waals surface area contributed by atoms with Crippen molar-refractivity contribution < 1.29 is 89.4 Å². The quantitative estimate of drug-likeness (QED) is 0.0199. The summed E-state index contributed by atoms with van der Waals surface area (Å²) in [6.45, 7) is 1.74. The zero-order chi connectivity index (χ0) is 64.0. The van der Waals surface area contributed by atoms with Crippen LogP contribution >= 0.6 is 0 Å². The van der Waals surface area contributed by atoms with Gasteiger partial charge >= 0.3 is 0 Å². The first kappa shape index (κ1) is 80.8. The molecule has 0 aliphatic carbocycles. The molecule has 0 bridgehead atoms. The fourth-order valence-electron chi connectivity index (χ4n) is 12.5. The number of carbonyl (C=O) groups excluding carboxylic acids is 1. The van der Waals surface area contributed by atoms with Crippen LogP contribution in [0.5, 0.6) is 0 Å². The van der Waals surface area contributed by atoms with Crippen molar-refractivity contribution in [3.05, 3.63) is 12.2 Å². The van der Waals surface area contributed by atoms with Crippen molar-refractivity contribution in [3.8, 4) is 0 Å². The highest BCUT2D eigenvalue weighted by Crippen LogP contribution is 2.33. The predicted octanol–water partition coefficient (Wildman–Crippen LogP) is 9.67.